The average molecular weight is 534 g/mol. The van der Waals surface area contributed by atoms with Crippen LogP contribution in [0.2, 0.25) is 5.02 Å². The lowest BCUT2D eigenvalue weighted by Gasteiger charge is -2.14. The van der Waals surface area contributed by atoms with Crippen molar-refractivity contribution in [2.45, 2.75) is 33.7 Å². The maximum atomic E-state index is 15.1. The number of aryl methyl sites for hydroxylation is 1. The van der Waals surface area contributed by atoms with Gasteiger partial charge in [0.15, 0.2) is 11.6 Å². The third kappa shape index (κ3) is 4.79. The molecule has 5 rings (SSSR count). The number of halogens is 3. The van der Waals surface area contributed by atoms with Gasteiger partial charge in [0.05, 0.1) is 18.8 Å². The lowest BCUT2D eigenvalue weighted by molar-refractivity contribution is 0.335. The summed E-state index contributed by atoms with van der Waals surface area (Å²) in [7, 11) is 0. The third-order valence-corrected chi connectivity index (χ3v) is 6.79. The molecule has 0 aliphatic rings. The summed E-state index contributed by atoms with van der Waals surface area (Å²) in [6.07, 6.45) is 3.93. The van der Waals surface area contributed by atoms with Crippen LogP contribution in [0, 0.1) is 18.6 Å². The maximum absolute atomic E-state index is 15.1. The largest absolute Gasteiger partial charge is 0.494 e. The first-order valence-corrected chi connectivity index (χ1v) is 12.7. The monoisotopic (exact) mass is 533 g/mol. The topological polar surface area (TPSA) is 64.9 Å². The molecule has 3 heterocycles. The first kappa shape index (κ1) is 25.6. The van der Waals surface area contributed by atoms with Gasteiger partial charge in [0, 0.05) is 57.9 Å². The van der Waals surface area contributed by atoms with E-state index in [4.69, 9.17) is 26.3 Å². The number of fused-ring (bicyclic) bond motifs is 1. The van der Waals surface area contributed by atoms with E-state index in [-0.39, 0.29) is 17.9 Å². The minimum atomic E-state index is -0.655. The van der Waals surface area contributed by atoms with Crippen LogP contribution in [0.25, 0.3) is 22.3 Å². The zero-order valence-electron chi connectivity index (χ0n) is 21.2. The first-order chi connectivity index (χ1) is 18.4. The number of anilines is 2. The fourth-order valence-electron chi connectivity index (χ4n) is 4.62. The predicted molar refractivity (Wildman–Crippen MR) is 146 cm³/mol. The minimum Gasteiger partial charge on any atom is -0.494 e. The molecule has 0 atom stereocenters. The van der Waals surface area contributed by atoms with Crippen molar-refractivity contribution in [2.24, 2.45) is 0 Å². The Bertz CT molecular complexity index is 1600. The van der Waals surface area contributed by atoms with Crippen LogP contribution in [0.3, 0.4) is 0 Å². The highest BCUT2D eigenvalue weighted by molar-refractivity contribution is 6.33. The van der Waals surface area contributed by atoms with E-state index >= 15 is 8.78 Å². The Kier molecular flexibility index (Phi) is 7.24. The van der Waals surface area contributed by atoms with Crippen LogP contribution in [-0.4, -0.2) is 26.1 Å². The van der Waals surface area contributed by atoms with E-state index in [0.29, 0.717) is 35.4 Å². The number of nitrogens with one attached hydrogen (secondary N) is 1. The first-order valence-electron chi connectivity index (χ1n) is 12.3. The molecule has 0 aliphatic heterocycles. The van der Waals surface area contributed by atoms with Gasteiger partial charge in [-0.15, -0.1) is 0 Å². The number of rotatable bonds is 8. The van der Waals surface area contributed by atoms with Crippen molar-refractivity contribution in [3.05, 3.63) is 94.5 Å². The number of benzene rings is 2. The van der Waals surface area contributed by atoms with Gasteiger partial charge in [-0.25, -0.2) is 18.7 Å². The summed E-state index contributed by atoms with van der Waals surface area (Å²) < 4.78 is 37.3. The van der Waals surface area contributed by atoms with E-state index in [2.05, 4.69) is 10.3 Å². The van der Waals surface area contributed by atoms with Crippen LogP contribution in [0.4, 0.5) is 20.3 Å². The number of hydrogen-bond donors (Lipinski definition) is 1. The Morgan fingerprint density at radius 3 is 2.39 bits per heavy atom. The van der Waals surface area contributed by atoms with E-state index in [1.165, 1.54) is 12.1 Å². The van der Waals surface area contributed by atoms with Crippen molar-refractivity contribution in [3.63, 3.8) is 0 Å². The van der Waals surface area contributed by atoms with E-state index < -0.39 is 11.6 Å². The fourth-order valence-corrected chi connectivity index (χ4v) is 4.75. The van der Waals surface area contributed by atoms with E-state index in [0.717, 1.165) is 27.8 Å². The molecule has 1 N–H and O–H groups in total. The van der Waals surface area contributed by atoms with Gasteiger partial charge in [0.1, 0.15) is 22.4 Å². The SMILES string of the molecule is CCOc1cc(F)c(Cn2c(CC)c(-c3nc(C)c(Cl)c(Nc4ccncc4)n3)c3ccccc32)c(F)c1. The van der Waals surface area contributed by atoms with Crippen LogP contribution in [0.5, 0.6) is 5.75 Å². The van der Waals surface area contributed by atoms with Crippen LogP contribution in [0.15, 0.2) is 60.9 Å². The normalized spacial score (nSPS) is 11.2. The van der Waals surface area contributed by atoms with Crippen LogP contribution < -0.4 is 10.1 Å². The highest BCUT2D eigenvalue weighted by Gasteiger charge is 2.23. The zero-order valence-corrected chi connectivity index (χ0v) is 22.0. The van der Waals surface area contributed by atoms with Crippen molar-refractivity contribution in [2.75, 3.05) is 11.9 Å². The van der Waals surface area contributed by atoms with Crippen LogP contribution in [0.1, 0.15) is 30.8 Å². The number of nitrogens with zero attached hydrogens (tertiary/aromatic N) is 4. The summed E-state index contributed by atoms with van der Waals surface area (Å²) in [5.41, 5.74) is 3.83. The molecule has 3 aromatic heterocycles. The molecule has 0 bridgehead atoms. The molecular formula is C29H26ClF2N5O. The summed E-state index contributed by atoms with van der Waals surface area (Å²) >= 11 is 6.58. The Balaban J connectivity index is 1.66. The van der Waals surface area contributed by atoms with E-state index in [1.807, 2.05) is 54.8 Å². The predicted octanol–water partition coefficient (Wildman–Crippen LogP) is 7.49. The fraction of sp³-hybridized carbons (Fsp3) is 0.207. The van der Waals surface area contributed by atoms with Gasteiger partial charge in [-0.2, -0.15) is 0 Å². The van der Waals surface area contributed by atoms with Crippen molar-refractivity contribution >= 4 is 34.0 Å². The molecule has 0 aliphatic carbocycles. The number of para-hydroxylation sites is 1. The highest BCUT2D eigenvalue weighted by Crippen LogP contribution is 2.37. The quantitative estimate of drug-likeness (QED) is 0.224. The minimum absolute atomic E-state index is 0.00243. The Hall–Kier alpha value is -4.04. The lowest BCUT2D eigenvalue weighted by atomic mass is 10.1. The van der Waals surface area contributed by atoms with Crippen molar-refractivity contribution < 1.29 is 13.5 Å². The lowest BCUT2D eigenvalue weighted by Crippen LogP contribution is -2.09. The Morgan fingerprint density at radius 2 is 1.71 bits per heavy atom. The number of ether oxygens (including phenoxy) is 1. The Morgan fingerprint density at radius 1 is 1.00 bits per heavy atom. The second-order valence-electron chi connectivity index (χ2n) is 8.73. The Labute approximate surface area is 224 Å². The molecule has 6 nitrogen and oxygen atoms in total. The van der Waals surface area contributed by atoms with Crippen molar-refractivity contribution in [1.29, 1.82) is 0 Å². The number of aromatic nitrogens is 4. The molecule has 0 fully saturated rings. The third-order valence-electron chi connectivity index (χ3n) is 6.34. The molecule has 0 spiro atoms. The highest BCUT2D eigenvalue weighted by atomic mass is 35.5. The molecule has 9 heteroatoms. The van der Waals surface area contributed by atoms with Gasteiger partial charge in [0.2, 0.25) is 0 Å². The molecular weight excluding hydrogens is 508 g/mol. The number of hydrogen-bond acceptors (Lipinski definition) is 5. The van der Waals surface area contributed by atoms with E-state index in [9.17, 15) is 0 Å². The summed E-state index contributed by atoms with van der Waals surface area (Å²) in [4.78, 5) is 13.6. The van der Waals surface area contributed by atoms with Crippen molar-refractivity contribution in [1.82, 2.24) is 19.5 Å². The molecule has 0 saturated heterocycles. The molecule has 0 unspecified atom stereocenters. The molecule has 194 valence electrons. The molecule has 2 aromatic carbocycles. The average Bonchev–Trinajstić information content (AvgIpc) is 3.22. The standard InChI is InChI=1S/C29H26ClF2N5O/c1-4-24-26(28-34-17(3)27(30)29(36-28)35-18-10-12-33-13-11-18)20-8-6-7-9-25(20)37(24)16-21-22(31)14-19(38-5-2)15-23(21)32/h6-15H,4-5,16H2,1-3H3,(H,33,34,35,36). The summed E-state index contributed by atoms with van der Waals surface area (Å²) in [6, 6.07) is 13.8. The van der Waals surface area contributed by atoms with Crippen LogP contribution >= 0.6 is 11.6 Å². The van der Waals surface area contributed by atoms with Gasteiger partial charge >= 0.3 is 0 Å². The van der Waals surface area contributed by atoms with Gasteiger partial charge in [-0.3, -0.25) is 4.98 Å². The summed E-state index contributed by atoms with van der Waals surface area (Å²) in [6.45, 7) is 5.91. The number of pyridine rings is 1. The zero-order chi connectivity index (χ0) is 26.8. The molecule has 0 radical (unpaired) electrons. The molecule has 38 heavy (non-hydrogen) atoms. The van der Waals surface area contributed by atoms with Gasteiger partial charge < -0.3 is 14.6 Å². The maximum Gasteiger partial charge on any atom is 0.164 e. The van der Waals surface area contributed by atoms with Crippen molar-refractivity contribution in [3.8, 4) is 17.1 Å². The van der Waals surface area contributed by atoms with Gasteiger partial charge in [-0.05, 0) is 38.5 Å². The summed E-state index contributed by atoms with van der Waals surface area (Å²) in [5.74, 6) is -0.209. The van der Waals surface area contributed by atoms with Gasteiger partial charge in [-0.1, -0.05) is 36.7 Å². The molecule has 5 aromatic rings. The second kappa shape index (κ2) is 10.8. The van der Waals surface area contributed by atoms with Crippen LogP contribution in [-0.2, 0) is 13.0 Å². The molecule has 0 saturated carbocycles. The molecule has 0 amide bonds. The van der Waals surface area contributed by atoms with Gasteiger partial charge in [0.25, 0.3) is 0 Å². The van der Waals surface area contributed by atoms with E-state index in [1.54, 1.807) is 19.3 Å². The second-order valence-corrected chi connectivity index (χ2v) is 9.11. The smallest absolute Gasteiger partial charge is 0.164 e. The summed E-state index contributed by atoms with van der Waals surface area (Å²) in [5, 5.41) is 4.54.